The minimum absolute atomic E-state index is 0.171. The molecule has 0 aliphatic heterocycles. The molecule has 178 valence electrons. The molecular formula is C25H41O5S-. The number of unbranched alkanes of at least 4 members (excludes halogenated alkanes) is 10. The maximum absolute atomic E-state index is 12.5. The molecule has 0 aromatic heterocycles. The molecule has 1 aromatic rings. The predicted molar refractivity (Wildman–Crippen MR) is 124 cm³/mol. The second-order valence-electron chi connectivity index (χ2n) is 8.53. The largest absolute Gasteiger partial charge is 0.744 e. The van der Waals surface area contributed by atoms with Crippen molar-refractivity contribution >= 4 is 16.1 Å². The first-order valence-corrected chi connectivity index (χ1v) is 13.5. The highest BCUT2D eigenvalue weighted by molar-refractivity contribution is 7.85. The Morgan fingerprint density at radius 3 is 1.84 bits per heavy atom. The molecule has 0 bridgehead atoms. The van der Waals surface area contributed by atoms with Gasteiger partial charge in [0.1, 0.15) is 10.1 Å². The average molecular weight is 454 g/mol. The summed E-state index contributed by atoms with van der Waals surface area (Å²) >= 11 is 0. The lowest BCUT2D eigenvalue weighted by molar-refractivity contribution is 0.0417. The van der Waals surface area contributed by atoms with Crippen LogP contribution in [0.25, 0.3) is 0 Å². The van der Waals surface area contributed by atoms with Gasteiger partial charge in [0.25, 0.3) is 0 Å². The van der Waals surface area contributed by atoms with Gasteiger partial charge in [0, 0.05) is 0 Å². The third kappa shape index (κ3) is 12.3. The molecular weight excluding hydrogens is 412 g/mol. The minimum Gasteiger partial charge on any atom is -0.744 e. The second-order valence-corrected chi connectivity index (χ2v) is 9.88. The molecule has 0 radical (unpaired) electrons. The molecule has 0 N–H and O–H groups in total. The van der Waals surface area contributed by atoms with Crippen molar-refractivity contribution in [3.63, 3.8) is 0 Å². The van der Waals surface area contributed by atoms with E-state index in [1.807, 2.05) is 0 Å². The monoisotopic (exact) mass is 453 g/mol. The summed E-state index contributed by atoms with van der Waals surface area (Å²) < 4.78 is 39.8. The van der Waals surface area contributed by atoms with Crippen molar-refractivity contribution in [1.29, 1.82) is 0 Å². The Labute approximate surface area is 189 Å². The van der Waals surface area contributed by atoms with Gasteiger partial charge < -0.3 is 9.29 Å². The first-order chi connectivity index (χ1) is 14.9. The molecule has 1 aromatic carbocycles. The molecule has 1 unspecified atom stereocenters. The number of carbonyl (C=O) groups is 1. The molecule has 6 heteroatoms. The molecule has 0 amide bonds. The van der Waals surface area contributed by atoms with Gasteiger partial charge in [-0.1, -0.05) is 103 Å². The predicted octanol–water partition coefficient (Wildman–Crippen LogP) is 6.86. The van der Waals surface area contributed by atoms with Gasteiger partial charge in [0.2, 0.25) is 0 Å². The lowest BCUT2D eigenvalue weighted by Crippen LogP contribution is -2.17. The molecule has 0 fully saturated rings. The summed E-state index contributed by atoms with van der Waals surface area (Å²) in [5.41, 5.74) is -0.171. The summed E-state index contributed by atoms with van der Waals surface area (Å²) in [7, 11) is -4.72. The number of rotatable bonds is 18. The highest BCUT2D eigenvalue weighted by atomic mass is 32.2. The van der Waals surface area contributed by atoms with Crippen molar-refractivity contribution in [2.75, 3.05) is 6.61 Å². The van der Waals surface area contributed by atoms with Gasteiger partial charge in [-0.25, -0.2) is 13.2 Å². The number of esters is 1. The number of hydrogen-bond donors (Lipinski definition) is 0. The quantitative estimate of drug-likeness (QED) is 0.138. The van der Waals surface area contributed by atoms with Crippen LogP contribution in [0.4, 0.5) is 0 Å². The Morgan fingerprint density at radius 1 is 0.839 bits per heavy atom. The second kappa shape index (κ2) is 16.3. The number of ether oxygens (including phenoxy) is 1. The summed E-state index contributed by atoms with van der Waals surface area (Å²) in [5, 5.41) is 0. The van der Waals surface area contributed by atoms with Gasteiger partial charge in [-0.3, -0.25) is 0 Å². The van der Waals surface area contributed by atoms with Crippen molar-refractivity contribution in [2.45, 2.75) is 109 Å². The van der Waals surface area contributed by atoms with E-state index in [1.165, 1.54) is 82.4 Å². The SMILES string of the molecule is CCCCCCCCCC(CCCCCCC)COC(=O)c1ccccc1S(=O)(=O)[O-]. The third-order valence-electron chi connectivity index (χ3n) is 5.76. The zero-order valence-electron chi connectivity index (χ0n) is 19.4. The van der Waals surface area contributed by atoms with Crippen molar-refractivity contribution < 1.29 is 22.5 Å². The Morgan fingerprint density at radius 2 is 1.32 bits per heavy atom. The van der Waals surface area contributed by atoms with Gasteiger partial charge in [-0.15, -0.1) is 0 Å². The summed E-state index contributed by atoms with van der Waals surface area (Å²) in [6, 6.07) is 5.46. The summed E-state index contributed by atoms with van der Waals surface area (Å²) in [4.78, 5) is 12.0. The first kappa shape index (κ1) is 27.6. The van der Waals surface area contributed by atoms with Gasteiger partial charge in [-0.2, -0.15) is 0 Å². The fraction of sp³-hybridized carbons (Fsp3) is 0.720. The van der Waals surface area contributed by atoms with Crippen LogP contribution in [0.15, 0.2) is 29.2 Å². The van der Waals surface area contributed by atoms with E-state index in [0.29, 0.717) is 0 Å². The molecule has 1 atom stereocenters. The van der Waals surface area contributed by atoms with Crippen LogP contribution in [0.3, 0.4) is 0 Å². The van der Waals surface area contributed by atoms with Crippen LogP contribution in [-0.4, -0.2) is 25.5 Å². The van der Waals surface area contributed by atoms with Crippen molar-refractivity contribution in [3.05, 3.63) is 29.8 Å². The molecule has 0 saturated heterocycles. The van der Waals surface area contributed by atoms with E-state index >= 15 is 0 Å². The van der Waals surface area contributed by atoms with Crippen LogP contribution in [0.2, 0.25) is 0 Å². The zero-order chi connectivity index (χ0) is 23.0. The Kier molecular flexibility index (Phi) is 14.5. The van der Waals surface area contributed by atoms with Crippen LogP contribution < -0.4 is 0 Å². The fourth-order valence-electron chi connectivity index (χ4n) is 3.86. The Hall–Kier alpha value is -1.40. The molecule has 0 spiro atoms. The van der Waals surface area contributed by atoms with Crippen molar-refractivity contribution in [1.82, 2.24) is 0 Å². The lowest BCUT2D eigenvalue weighted by atomic mass is 9.95. The van der Waals surface area contributed by atoms with E-state index in [0.717, 1.165) is 31.7 Å². The highest BCUT2D eigenvalue weighted by Gasteiger charge is 2.18. The Balaban J connectivity index is 2.56. The summed E-state index contributed by atoms with van der Waals surface area (Å²) in [6.07, 6.45) is 16.7. The molecule has 31 heavy (non-hydrogen) atoms. The average Bonchev–Trinajstić information content (AvgIpc) is 2.75. The number of benzene rings is 1. The van der Waals surface area contributed by atoms with Crippen LogP contribution in [-0.2, 0) is 14.9 Å². The molecule has 1 rings (SSSR count). The number of hydrogen-bond acceptors (Lipinski definition) is 5. The van der Waals surface area contributed by atoms with E-state index in [1.54, 1.807) is 0 Å². The van der Waals surface area contributed by atoms with E-state index in [9.17, 15) is 17.8 Å². The van der Waals surface area contributed by atoms with Crippen LogP contribution in [0.1, 0.15) is 114 Å². The maximum atomic E-state index is 12.5. The smallest absolute Gasteiger partial charge is 0.339 e. The van der Waals surface area contributed by atoms with Crippen LogP contribution >= 0.6 is 0 Å². The summed E-state index contributed by atoms with van der Waals surface area (Å²) in [6.45, 7) is 4.69. The van der Waals surface area contributed by atoms with Crippen molar-refractivity contribution in [3.8, 4) is 0 Å². The standard InChI is InChI=1S/C25H42O5S/c1-3-5-7-9-10-12-14-18-22(17-13-11-8-6-4-2)21-30-25(26)23-19-15-16-20-24(23)31(27,28)29/h15-16,19-20,22H,3-14,17-18,21H2,1-2H3,(H,27,28,29)/p-1. The van der Waals surface area contributed by atoms with Crippen LogP contribution in [0.5, 0.6) is 0 Å². The first-order valence-electron chi connectivity index (χ1n) is 12.1. The fourth-order valence-corrected chi connectivity index (χ4v) is 4.53. The van der Waals surface area contributed by atoms with E-state index < -0.39 is 21.0 Å². The van der Waals surface area contributed by atoms with E-state index in [-0.39, 0.29) is 18.1 Å². The molecule has 0 aliphatic carbocycles. The third-order valence-corrected chi connectivity index (χ3v) is 6.65. The normalized spacial score (nSPS) is 12.6. The Bertz CT molecular complexity index is 714. The molecule has 5 nitrogen and oxygen atoms in total. The summed E-state index contributed by atoms with van der Waals surface area (Å²) in [5.74, 6) is -0.456. The topological polar surface area (TPSA) is 83.5 Å². The van der Waals surface area contributed by atoms with Gasteiger partial charge in [0.15, 0.2) is 0 Å². The van der Waals surface area contributed by atoms with Gasteiger partial charge in [-0.05, 0) is 30.9 Å². The molecule has 0 heterocycles. The van der Waals surface area contributed by atoms with Gasteiger partial charge >= 0.3 is 5.97 Å². The minimum atomic E-state index is -4.72. The zero-order valence-corrected chi connectivity index (χ0v) is 20.3. The molecule has 0 aliphatic rings. The van der Waals surface area contributed by atoms with E-state index in [2.05, 4.69) is 13.8 Å². The van der Waals surface area contributed by atoms with E-state index in [4.69, 9.17) is 4.74 Å². The van der Waals surface area contributed by atoms with Crippen LogP contribution in [0, 0.1) is 5.92 Å². The van der Waals surface area contributed by atoms with Crippen molar-refractivity contribution in [2.24, 2.45) is 5.92 Å². The maximum Gasteiger partial charge on any atom is 0.339 e. The highest BCUT2D eigenvalue weighted by Crippen LogP contribution is 2.21. The lowest BCUT2D eigenvalue weighted by Gasteiger charge is -2.18. The number of carbonyl (C=O) groups excluding carboxylic acids is 1. The van der Waals surface area contributed by atoms with Gasteiger partial charge in [0.05, 0.1) is 17.1 Å². The molecule has 0 saturated carbocycles.